The molecule has 3 aromatic rings. The molecule has 164 valence electrons. The number of amides is 1. The van der Waals surface area contributed by atoms with Crippen LogP contribution in [0.25, 0.3) is 5.57 Å². The van der Waals surface area contributed by atoms with E-state index in [1.807, 2.05) is 54.6 Å². The number of nitrogens with one attached hydrogen (secondary N) is 2. The average Bonchev–Trinajstić information content (AvgIpc) is 3.15. The summed E-state index contributed by atoms with van der Waals surface area (Å²) in [6, 6.07) is 23.2. The highest BCUT2D eigenvalue weighted by atomic mass is 16.3. The third-order valence-electron chi connectivity index (χ3n) is 5.99. The average molecular weight is 439 g/mol. The lowest BCUT2D eigenvalue weighted by Crippen LogP contribution is -2.76. The first kappa shape index (κ1) is 20.6. The van der Waals surface area contributed by atoms with Crippen LogP contribution < -0.4 is 10.3 Å². The standard InChI is InChI=1S/C27H23N3O3/c1-17(19-5-3-2-4-6-19)25-26-29-23(15-18-7-11-21(31)12-8-18)27(33)30(26)16-24(28-25)20-9-13-22(32)14-10-20/h2-14,23,29,31-32H,1,15-16H2/p+1. The second-order valence-electron chi connectivity index (χ2n) is 8.21. The lowest BCUT2D eigenvalue weighted by Gasteiger charge is -2.21. The van der Waals surface area contributed by atoms with E-state index < -0.39 is 6.04 Å². The molecule has 6 heteroatoms. The molecular formula is C27H24N3O3+. The number of phenols is 2. The number of carbonyl (C=O) groups is 1. The second-order valence-corrected chi connectivity index (χ2v) is 8.21. The van der Waals surface area contributed by atoms with Gasteiger partial charge in [-0.05, 0) is 47.5 Å². The van der Waals surface area contributed by atoms with E-state index in [1.165, 1.54) is 0 Å². The number of aromatic hydroxyl groups is 2. The molecular weight excluding hydrogens is 414 g/mol. The van der Waals surface area contributed by atoms with Crippen LogP contribution in [0.5, 0.6) is 11.5 Å². The third kappa shape index (κ3) is 3.99. The lowest BCUT2D eigenvalue weighted by atomic mass is 10.0. The number of fused-ring (bicyclic) bond motifs is 1. The van der Waals surface area contributed by atoms with Crippen LogP contribution in [0, 0.1) is 0 Å². The summed E-state index contributed by atoms with van der Waals surface area (Å²) in [5, 5.41) is 22.7. The van der Waals surface area contributed by atoms with Crippen LogP contribution in [-0.2, 0) is 11.2 Å². The number of nitrogens with zero attached hydrogens (tertiary/aromatic N) is 1. The Labute approximate surface area is 191 Å². The number of hydrogen-bond acceptors (Lipinski definition) is 4. The Balaban J connectivity index is 1.53. The zero-order chi connectivity index (χ0) is 22.9. The van der Waals surface area contributed by atoms with Gasteiger partial charge >= 0.3 is 0 Å². The Kier molecular flexibility index (Phi) is 5.18. The SMILES string of the molecule is C=C(C1=C2NC(Cc3ccc(O)cc3)C(=O)N2CC(c2ccc(O)cc2)=[NH+]1)c1ccccc1. The van der Waals surface area contributed by atoms with Crippen molar-refractivity contribution >= 4 is 17.2 Å². The highest BCUT2D eigenvalue weighted by Crippen LogP contribution is 2.27. The van der Waals surface area contributed by atoms with Crippen molar-refractivity contribution in [2.75, 3.05) is 6.54 Å². The van der Waals surface area contributed by atoms with E-state index in [-0.39, 0.29) is 17.4 Å². The van der Waals surface area contributed by atoms with Crippen molar-refractivity contribution in [3.8, 4) is 11.5 Å². The van der Waals surface area contributed by atoms with Gasteiger partial charge in [0, 0.05) is 12.0 Å². The lowest BCUT2D eigenvalue weighted by molar-refractivity contribution is -0.395. The number of phenolic OH excluding ortho intramolecular Hbond substituents is 2. The first-order valence-corrected chi connectivity index (χ1v) is 10.8. The topological polar surface area (TPSA) is 86.8 Å². The summed E-state index contributed by atoms with van der Waals surface area (Å²) in [5.74, 6) is 1.07. The number of benzene rings is 3. The summed E-state index contributed by atoms with van der Waals surface area (Å²) in [4.78, 5) is 18.7. The minimum absolute atomic E-state index is 0.0192. The van der Waals surface area contributed by atoms with Gasteiger partial charge in [0.25, 0.3) is 11.6 Å². The molecule has 6 nitrogen and oxygen atoms in total. The van der Waals surface area contributed by atoms with Crippen LogP contribution >= 0.6 is 0 Å². The molecule has 1 atom stereocenters. The largest absolute Gasteiger partial charge is 0.508 e. The van der Waals surface area contributed by atoms with Crippen LogP contribution in [-0.4, -0.2) is 39.3 Å². The maximum absolute atomic E-state index is 13.4. The Morgan fingerprint density at radius 2 is 1.61 bits per heavy atom. The van der Waals surface area contributed by atoms with Crippen molar-refractivity contribution in [3.63, 3.8) is 0 Å². The van der Waals surface area contributed by atoms with Crippen LogP contribution in [0.2, 0.25) is 0 Å². The minimum atomic E-state index is -0.427. The molecule has 1 amide bonds. The molecule has 0 aliphatic carbocycles. The van der Waals surface area contributed by atoms with Crippen molar-refractivity contribution in [3.05, 3.63) is 114 Å². The van der Waals surface area contributed by atoms with Gasteiger partial charge < -0.3 is 15.5 Å². The number of carbonyl (C=O) groups excluding carboxylic acids is 1. The van der Waals surface area contributed by atoms with Crippen LogP contribution in [0.15, 0.2) is 97.0 Å². The van der Waals surface area contributed by atoms with Crippen LogP contribution in [0.3, 0.4) is 0 Å². The molecule has 4 N–H and O–H groups in total. The van der Waals surface area contributed by atoms with Crippen molar-refractivity contribution in [2.24, 2.45) is 0 Å². The van der Waals surface area contributed by atoms with E-state index in [2.05, 4.69) is 16.9 Å². The molecule has 0 spiro atoms. The van der Waals surface area contributed by atoms with Gasteiger partial charge in [0.15, 0.2) is 5.82 Å². The molecule has 33 heavy (non-hydrogen) atoms. The monoisotopic (exact) mass is 438 g/mol. The van der Waals surface area contributed by atoms with E-state index in [1.54, 1.807) is 29.2 Å². The summed E-state index contributed by atoms with van der Waals surface area (Å²) in [5.41, 5.74) is 5.18. The van der Waals surface area contributed by atoms with Gasteiger partial charge in [-0.15, -0.1) is 0 Å². The molecule has 3 aromatic carbocycles. The van der Waals surface area contributed by atoms with Crippen molar-refractivity contribution in [1.82, 2.24) is 10.2 Å². The molecule has 2 aliphatic rings. The summed E-state index contributed by atoms with van der Waals surface area (Å²) >= 11 is 0. The van der Waals surface area contributed by atoms with Gasteiger partial charge in [-0.3, -0.25) is 9.69 Å². The predicted octanol–water partition coefficient (Wildman–Crippen LogP) is 1.91. The van der Waals surface area contributed by atoms with Crippen molar-refractivity contribution < 1.29 is 20.0 Å². The number of hydrogen-bond donors (Lipinski definition) is 4. The summed E-state index contributed by atoms with van der Waals surface area (Å²) < 4.78 is 0. The maximum Gasteiger partial charge on any atom is 0.252 e. The number of allylic oxidation sites excluding steroid dienone is 1. The molecule has 5 rings (SSSR count). The fourth-order valence-corrected chi connectivity index (χ4v) is 4.21. The molecule has 2 heterocycles. The van der Waals surface area contributed by atoms with E-state index >= 15 is 0 Å². The highest BCUT2D eigenvalue weighted by Gasteiger charge is 2.43. The fourth-order valence-electron chi connectivity index (χ4n) is 4.21. The molecule has 0 aromatic heterocycles. The minimum Gasteiger partial charge on any atom is -0.508 e. The van der Waals surface area contributed by atoms with Gasteiger partial charge in [0.1, 0.15) is 24.1 Å². The van der Waals surface area contributed by atoms with Gasteiger partial charge in [-0.2, -0.15) is 0 Å². The molecule has 1 saturated heterocycles. The third-order valence-corrected chi connectivity index (χ3v) is 5.99. The maximum atomic E-state index is 13.4. The Morgan fingerprint density at radius 1 is 0.970 bits per heavy atom. The van der Waals surface area contributed by atoms with Gasteiger partial charge in [0.2, 0.25) is 5.71 Å². The normalized spacial score (nSPS) is 17.5. The first-order chi connectivity index (χ1) is 16.0. The summed E-state index contributed by atoms with van der Waals surface area (Å²) in [7, 11) is 0. The molecule has 0 radical (unpaired) electrons. The predicted molar refractivity (Wildman–Crippen MR) is 126 cm³/mol. The zero-order valence-corrected chi connectivity index (χ0v) is 18.0. The van der Waals surface area contributed by atoms with Crippen LogP contribution in [0.1, 0.15) is 16.7 Å². The summed E-state index contributed by atoms with van der Waals surface area (Å²) in [6.45, 7) is 4.69. The van der Waals surface area contributed by atoms with Gasteiger partial charge in [-0.1, -0.05) is 49.0 Å². The van der Waals surface area contributed by atoms with E-state index in [0.29, 0.717) is 18.8 Å². The van der Waals surface area contributed by atoms with Crippen LogP contribution in [0.4, 0.5) is 0 Å². The Bertz CT molecular complexity index is 1280. The van der Waals surface area contributed by atoms with Gasteiger partial charge in [-0.25, -0.2) is 4.99 Å². The van der Waals surface area contributed by atoms with E-state index in [9.17, 15) is 15.0 Å². The fraction of sp³-hybridized carbons (Fsp3) is 0.111. The Hall–Kier alpha value is -4.32. The molecule has 1 fully saturated rings. The quantitative estimate of drug-likeness (QED) is 0.490. The first-order valence-electron chi connectivity index (χ1n) is 10.8. The molecule has 0 saturated carbocycles. The smallest absolute Gasteiger partial charge is 0.252 e. The highest BCUT2D eigenvalue weighted by molar-refractivity contribution is 6.03. The second kappa shape index (κ2) is 8.31. The van der Waals surface area contributed by atoms with Gasteiger partial charge in [0.05, 0.1) is 5.57 Å². The molecule has 1 unspecified atom stereocenters. The van der Waals surface area contributed by atoms with E-state index in [4.69, 9.17) is 0 Å². The van der Waals surface area contributed by atoms with Crippen molar-refractivity contribution in [1.29, 1.82) is 0 Å². The van der Waals surface area contributed by atoms with E-state index in [0.717, 1.165) is 33.7 Å². The van der Waals surface area contributed by atoms with Crippen molar-refractivity contribution in [2.45, 2.75) is 12.5 Å². The number of rotatable bonds is 5. The Morgan fingerprint density at radius 3 is 2.27 bits per heavy atom. The zero-order valence-electron chi connectivity index (χ0n) is 18.0. The summed E-state index contributed by atoms with van der Waals surface area (Å²) in [6.07, 6.45) is 0.499. The molecule has 0 bridgehead atoms. The molecule has 2 aliphatic heterocycles.